The fourth-order valence-corrected chi connectivity index (χ4v) is 2.71. The fourth-order valence-electron chi connectivity index (χ4n) is 2.71. The minimum Gasteiger partial charge on any atom is -0.341 e. The summed E-state index contributed by atoms with van der Waals surface area (Å²) in [6.45, 7) is 0.666. The molecular formula is C14H23N3O. The number of aromatic nitrogens is 2. The first kappa shape index (κ1) is 13.1. The topological polar surface area (TPSA) is 38.1 Å². The molecule has 4 nitrogen and oxygen atoms in total. The predicted octanol–water partition coefficient (Wildman–Crippen LogP) is 2.35. The summed E-state index contributed by atoms with van der Waals surface area (Å²) < 4.78 is 1.77. The molecule has 1 saturated carbocycles. The van der Waals surface area contributed by atoms with Crippen molar-refractivity contribution in [1.82, 2.24) is 14.7 Å². The third-order valence-corrected chi connectivity index (χ3v) is 3.79. The van der Waals surface area contributed by atoms with Crippen LogP contribution in [0.25, 0.3) is 0 Å². The maximum absolute atomic E-state index is 12.1. The molecule has 1 heterocycles. The lowest BCUT2D eigenvalue weighted by Crippen LogP contribution is -2.28. The van der Waals surface area contributed by atoms with Crippen LogP contribution >= 0.6 is 0 Å². The van der Waals surface area contributed by atoms with Crippen molar-refractivity contribution in [1.29, 1.82) is 0 Å². The van der Waals surface area contributed by atoms with Crippen LogP contribution in [0.3, 0.4) is 0 Å². The van der Waals surface area contributed by atoms with Gasteiger partial charge in [-0.2, -0.15) is 5.10 Å². The third kappa shape index (κ3) is 3.59. The SMILES string of the molecule is CN(Cc1cnn(C)c1)C(=O)CC1CCCCC1. The van der Waals surface area contributed by atoms with Crippen LogP contribution in [-0.2, 0) is 18.4 Å². The Balaban J connectivity index is 1.80. The first-order valence-electron chi connectivity index (χ1n) is 6.86. The Hall–Kier alpha value is -1.32. The maximum atomic E-state index is 12.1. The van der Waals surface area contributed by atoms with Crippen LogP contribution in [-0.4, -0.2) is 27.6 Å². The van der Waals surface area contributed by atoms with Gasteiger partial charge in [0, 0.05) is 38.8 Å². The molecule has 0 bridgehead atoms. The van der Waals surface area contributed by atoms with E-state index in [1.54, 1.807) is 4.68 Å². The minimum atomic E-state index is 0.269. The summed E-state index contributed by atoms with van der Waals surface area (Å²) in [5, 5.41) is 4.12. The van der Waals surface area contributed by atoms with Gasteiger partial charge in [0.2, 0.25) is 5.91 Å². The molecule has 0 aliphatic heterocycles. The van der Waals surface area contributed by atoms with Gasteiger partial charge in [-0.15, -0.1) is 0 Å². The summed E-state index contributed by atoms with van der Waals surface area (Å²) in [5.74, 6) is 0.883. The van der Waals surface area contributed by atoms with E-state index in [4.69, 9.17) is 0 Å². The number of carbonyl (C=O) groups is 1. The normalized spacial score (nSPS) is 16.8. The Bertz CT molecular complexity index is 393. The molecule has 100 valence electrons. The molecule has 1 aromatic heterocycles. The number of carbonyl (C=O) groups excluding carboxylic acids is 1. The Morgan fingerprint density at radius 2 is 2.17 bits per heavy atom. The maximum Gasteiger partial charge on any atom is 0.222 e. The Morgan fingerprint density at radius 3 is 2.78 bits per heavy atom. The van der Waals surface area contributed by atoms with E-state index in [1.165, 1.54) is 32.1 Å². The number of rotatable bonds is 4. The molecule has 18 heavy (non-hydrogen) atoms. The van der Waals surface area contributed by atoms with Crippen molar-refractivity contribution in [2.24, 2.45) is 13.0 Å². The first-order valence-corrected chi connectivity index (χ1v) is 6.86. The second kappa shape index (κ2) is 6.03. The van der Waals surface area contributed by atoms with Gasteiger partial charge in [-0.3, -0.25) is 9.48 Å². The summed E-state index contributed by atoms with van der Waals surface area (Å²) in [5.41, 5.74) is 1.09. The van der Waals surface area contributed by atoms with Gasteiger partial charge in [0.05, 0.1) is 6.20 Å². The van der Waals surface area contributed by atoms with E-state index in [-0.39, 0.29) is 5.91 Å². The van der Waals surface area contributed by atoms with Crippen LogP contribution in [0.15, 0.2) is 12.4 Å². The monoisotopic (exact) mass is 249 g/mol. The van der Waals surface area contributed by atoms with E-state index in [2.05, 4.69) is 5.10 Å². The van der Waals surface area contributed by atoms with E-state index in [1.807, 2.05) is 31.4 Å². The van der Waals surface area contributed by atoms with E-state index >= 15 is 0 Å². The zero-order valence-corrected chi connectivity index (χ0v) is 11.4. The lowest BCUT2D eigenvalue weighted by molar-refractivity contribution is -0.131. The highest BCUT2D eigenvalue weighted by molar-refractivity contribution is 5.76. The Labute approximate surface area is 109 Å². The molecule has 1 fully saturated rings. The van der Waals surface area contributed by atoms with Gasteiger partial charge in [0.25, 0.3) is 0 Å². The number of aryl methyl sites for hydroxylation is 1. The van der Waals surface area contributed by atoms with Gasteiger partial charge in [-0.05, 0) is 18.8 Å². The fraction of sp³-hybridized carbons (Fsp3) is 0.714. The number of hydrogen-bond donors (Lipinski definition) is 0. The summed E-state index contributed by atoms with van der Waals surface area (Å²) in [4.78, 5) is 13.9. The van der Waals surface area contributed by atoms with E-state index in [0.717, 1.165) is 12.0 Å². The van der Waals surface area contributed by atoms with Crippen LogP contribution in [0.1, 0.15) is 44.1 Å². The van der Waals surface area contributed by atoms with Gasteiger partial charge in [-0.1, -0.05) is 19.3 Å². The van der Waals surface area contributed by atoms with E-state index in [0.29, 0.717) is 12.5 Å². The zero-order chi connectivity index (χ0) is 13.0. The smallest absolute Gasteiger partial charge is 0.222 e. The standard InChI is InChI=1S/C14H23N3O/c1-16(10-13-9-15-17(2)11-13)14(18)8-12-6-4-3-5-7-12/h9,11-12H,3-8,10H2,1-2H3. The lowest BCUT2D eigenvalue weighted by Gasteiger charge is -2.24. The van der Waals surface area contributed by atoms with Crippen molar-refractivity contribution in [2.75, 3.05) is 7.05 Å². The summed E-state index contributed by atoms with van der Waals surface area (Å²) in [6, 6.07) is 0. The molecule has 4 heteroatoms. The van der Waals surface area contributed by atoms with Crippen molar-refractivity contribution in [2.45, 2.75) is 45.1 Å². The molecule has 2 rings (SSSR count). The second-order valence-corrected chi connectivity index (χ2v) is 5.48. The lowest BCUT2D eigenvalue weighted by atomic mass is 9.87. The quantitative estimate of drug-likeness (QED) is 0.821. The predicted molar refractivity (Wildman–Crippen MR) is 70.9 cm³/mol. The molecule has 0 aromatic carbocycles. The number of hydrogen-bond acceptors (Lipinski definition) is 2. The summed E-state index contributed by atoms with van der Waals surface area (Å²) in [6.07, 6.45) is 10.9. The van der Waals surface area contributed by atoms with Crippen LogP contribution in [0.5, 0.6) is 0 Å². The van der Waals surface area contributed by atoms with Crippen molar-refractivity contribution >= 4 is 5.91 Å². The Morgan fingerprint density at radius 1 is 1.44 bits per heavy atom. The molecule has 1 aliphatic rings. The van der Waals surface area contributed by atoms with E-state index < -0.39 is 0 Å². The minimum absolute atomic E-state index is 0.269. The second-order valence-electron chi connectivity index (χ2n) is 5.48. The van der Waals surface area contributed by atoms with E-state index in [9.17, 15) is 4.79 Å². The van der Waals surface area contributed by atoms with Gasteiger partial charge in [0.15, 0.2) is 0 Å². The molecule has 0 spiro atoms. The average Bonchev–Trinajstić information content (AvgIpc) is 2.76. The van der Waals surface area contributed by atoms with Crippen molar-refractivity contribution in [3.8, 4) is 0 Å². The molecule has 0 unspecified atom stereocenters. The van der Waals surface area contributed by atoms with Crippen molar-refractivity contribution in [3.63, 3.8) is 0 Å². The van der Waals surface area contributed by atoms with Crippen LogP contribution in [0.2, 0.25) is 0 Å². The summed E-state index contributed by atoms with van der Waals surface area (Å²) in [7, 11) is 3.78. The van der Waals surface area contributed by atoms with Crippen LogP contribution in [0.4, 0.5) is 0 Å². The van der Waals surface area contributed by atoms with Gasteiger partial charge < -0.3 is 4.90 Å². The van der Waals surface area contributed by atoms with Crippen molar-refractivity contribution < 1.29 is 4.79 Å². The average molecular weight is 249 g/mol. The number of nitrogens with zero attached hydrogens (tertiary/aromatic N) is 3. The molecule has 1 aliphatic carbocycles. The summed E-state index contributed by atoms with van der Waals surface area (Å²) >= 11 is 0. The van der Waals surface area contributed by atoms with Gasteiger partial charge in [-0.25, -0.2) is 0 Å². The molecular weight excluding hydrogens is 226 g/mol. The molecule has 1 aromatic rings. The van der Waals surface area contributed by atoms with Crippen LogP contribution in [0, 0.1) is 5.92 Å². The molecule has 1 amide bonds. The van der Waals surface area contributed by atoms with Crippen LogP contribution < -0.4 is 0 Å². The highest BCUT2D eigenvalue weighted by Gasteiger charge is 2.19. The number of amides is 1. The molecule has 0 atom stereocenters. The zero-order valence-electron chi connectivity index (χ0n) is 11.4. The molecule has 0 N–H and O–H groups in total. The van der Waals surface area contributed by atoms with Gasteiger partial charge >= 0.3 is 0 Å². The van der Waals surface area contributed by atoms with Crippen molar-refractivity contribution in [3.05, 3.63) is 18.0 Å². The highest BCUT2D eigenvalue weighted by Crippen LogP contribution is 2.26. The third-order valence-electron chi connectivity index (χ3n) is 3.79. The first-order chi connectivity index (χ1) is 8.65. The van der Waals surface area contributed by atoms with Gasteiger partial charge in [0.1, 0.15) is 0 Å². The molecule has 0 saturated heterocycles. The largest absolute Gasteiger partial charge is 0.341 e. The molecule has 0 radical (unpaired) electrons. The Kier molecular flexibility index (Phi) is 4.39. The highest BCUT2D eigenvalue weighted by atomic mass is 16.2.